The molecule has 4 heteroatoms. The Morgan fingerprint density at radius 1 is 1.22 bits per heavy atom. The zero-order valence-electron chi connectivity index (χ0n) is 10.6. The summed E-state index contributed by atoms with van der Waals surface area (Å²) in [6.45, 7) is 2.85. The smallest absolute Gasteiger partial charge is 0.217 e. The van der Waals surface area contributed by atoms with E-state index in [4.69, 9.17) is 4.74 Å². The molecular formula is C14H17N3O. The molecule has 0 saturated carbocycles. The van der Waals surface area contributed by atoms with Crippen molar-refractivity contribution in [2.24, 2.45) is 0 Å². The van der Waals surface area contributed by atoms with Gasteiger partial charge in [0.05, 0.1) is 7.11 Å². The van der Waals surface area contributed by atoms with Gasteiger partial charge in [0, 0.05) is 36.7 Å². The Balaban J connectivity index is 1.99. The normalized spacial score (nSPS) is 12.1. The minimum Gasteiger partial charge on any atom is -0.481 e. The summed E-state index contributed by atoms with van der Waals surface area (Å²) >= 11 is 0. The fourth-order valence-corrected chi connectivity index (χ4v) is 1.78. The van der Waals surface area contributed by atoms with Crippen molar-refractivity contribution < 1.29 is 4.74 Å². The van der Waals surface area contributed by atoms with E-state index in [0.717, 1.165) is 12.1 Å². The van der Waals surface area contributed by atoms with Crippen molar-refractivity contribution in [3.63, 3.8) is 0 Å². The molecule has 0 spiro atoms. The Hall–Kier alpha value is -1.94. The van der Waals surface area contributed by atoms with Gasteiger partial charge in [0.15, 0.2) is 0 Å². The molecule has 1 atom stereocenters. The average molecular weight is 243 g/mol. The molecule has 0 aliphatic heterocycles. The Bertz CT molecular complexity index is 487. The van der Waals surface area contributed by atoms with E-state index in [1.807, 2.05) is 24.3 Å². The zero-order valence-corrected chi connectivity index (χ0v) is 10.6. The topological polar surface area (TPSA) is 47.0 Å². The van der Waals surface area contributed by atoms with Crippen molar-refractivity contribution in [1.82, 2.24) is 15.3 Å². The van der Waals surface area contributed by atoms with E-state index in [1.165, 1.54) is 5.56 Å². The van der Waals surface area contributed by atoms with Gasteiger partial charge in [-0.05, 0) is 30.7 Å². The second-order valence-corrected chi connectivity index (χ2v) is 4.05. The Kier molecular flexibility index (Phi) is 4.25. The molecule has 0 saturated heterocycles. The molecule has 0 aliphatic rings. The van der Waals surface area contributed by atoms with E-state index in [-0.39, 0.29) is 6.04 Å². The maximum Gasteiger partial charge on any atom is 0.217 e. The number of methoxy groups -OCH3 is 1. The molecule has 1 unspecified atom stereocenters. The zero-order chi connectivity index (χ0) is 12.8. The molecule has 0 bridgehead atoms. The van der Waals surface area contributed by atoms with Gasteiger partial charge in [0.25, 0.3) is 0 Å². The van der Waals surface area contributed by atoms with Crippen LogP contribution in [0, 0.1) is 0 Å². The highest BCUT2D eigenvalue weighted by molar-refractivity contribution is 5.25. The molecule has 2 aromatic rings. The van der Waals surface area contributed by atoms with Gasteiger partial charge in [-0.2, -0.15) is 0 Å². The molecule has 2 rings (SSSR count). The number of rotatable bonds is 5. The van der Waals surface area contributed by atoms with Crippen LogP contribution in [0.5, 0.6) is 5.88 Å². The van der Waals surface area contributed by atoms with Crippen molar-refractivity contribution in [2.75, 3.05) is 7.11 Å². The lowest BCUT2D eigenvalue weighted by atomic mass is 10.1. The lowest BCUT2D eigenvalue weighted by molar-refractivity contribution is 0.389. The quantitative estimate of drug-likeness (QED) is 0.875. The van der Waals surface area contributed by atoms with E-state index in [0.29, 0.717) is 5.88 Å². The Morgan fingerprint density at radius 3 is 2.72 bits per heavy atom. The summed E-state index contributed by atoms with van der Waals surface area (Å²) in [5, 5.41) is 3.44. The standard InChI is InChI=1S/C14H17N3O/c1-11(12-5-8-15-9-6-12)17-10-13-4-3-7-16-14(13)18-2/h3-9,11,17H,10H2,1-2H3. The fraction of sp³-hybridized carbons (Fsp3) is 0.286. The molecule has 0 radical (unpaired) electrons. The minimum absolute atomic E-state index is 0.262. The molecule has 94 valence electrons. The largest absolute Gasteiger partial charge is 0.481 e. The molecule has 1 N–H and O–H groups in total. The van der Waals surface area contributed by atoms with Gasteiger partial charge in [0.1, 0.15) is 0 Å². The summed E-state index contributed by atoms with van der Waals surface area (Å²) in [6, 6.07) is 8.21. The van der Waals surface area contributed by atoms with Gasteiger partial charge in [-0.15, -0.1) is 0 Å². The summed E-state index contributed by atoms with van der Waals surface area (Å²) < 4.78 is 5.22. The monoisotopic (exact) mass is 243 g/mol. The van der Waals surface area contributed by atoms with Gasteiger partial charge in [0.2, 0.25) is 5.88 Å². The van der Waals surface area contributed by atoms with Crippen molar-refractivity contribution >= 4 is 0 Å². The van der Waals surface area contributed by atoms with Gasteiger partial charge >= 0.3 is 0 Å². The molecular weight excluding hydrogens is 226 g/mol. The summed E-state index contributed by atoms with van der Waals surface area (Å²) in [5.74, 6) is 0.673. The second kappa shape index (κ2) is 6.12. The van der Waals surface area contributed by atoms with Crippen LogP contribution in [0.25, 0.3) is 0 Å². The van der Waals surface area contributed by atoms with E-state index in [2.05, 4.69) is 22.2 Å². The van der Waals surface area contributed by atoms with E-state index in [1.54, 1.807) is 25.7 Å². The van der Waals surface area contributed by atoms with Crippen molar-refractivity contribution in [3.05, 3.63) is 54.0 Å². The molecule has 0 aliphatic carbocycles. The first-order chi connectivity index (χ1) is 8.81. The van der Waals surface area contributed by atoms with Crippen molar-refractivity contribution in [2.45, 2.75) is 19.5 Å². The molecule has 0 fully saturated rings. The number of nitrogens with one attached hydrogen (secondary N) is 1. The van der Waals surface area contributed by atoms with Crippen LogP contribution in [-0.4, -0.2) is 17.1 Å². The minimum atomic E-state index is 0.262. The molecule has 4 nitrogen and oxygen atoms in total. The average Bonchev–Trinajstić information content (AvgIpc) is 2.46. The van der Waals surface area contributed by atoms with Crippen LogP contribution in [0.15, 0.2) is 42.9 Å². The van der Waals surface area contributed by atoms with Crippen LogP contribution < -0.4 is 10.1 Å². The van der Waals surface area contributed by atoms with E-state index in [9.17, 15) is 0 Å². The van der Waals surface area contributed by atoms with Crippen LogP contribution in [0.2, 0.25) is 0 Å². The number of ether oxygens (including phenoxy) is 1. The van der Waals surface area contributed by atoms with Crippen LogP contribution in [0.3, 0.4) is 0 Å². The molecule has 0 aromatic carbocycles. The third kappa shape index (κ3) is 3.05. The number of aromatic nitrogens is 2. The highest BCUT2D eigenvalue weighted by atomic mass is 16.5. The summed E-state index contributed by atoms with van der Waals surface area (Å²) in [4.78, 5) is 8.19. The van der Waals surface area contributed by atoms with Gasteiger partial charge in [-0.3, -0.25) is 4.98 Å². The third-order valence-corrected chi connectivity index (χ3v) is 2.85. The number of pyridine rings is 2. The van der Waals surface area contributed by atoms with Crippen molar-refractivity contribution in [3.8, 4) is 5.88 Å². The maximum atomic E-state index is 5.22. The maximum absolute atomic E-state index is 5.22. The summed E-state index contributed by atoms with van der Waals surface area (Å²) in [6.07, 6.45) is 5.34. The van der Waals surface area contributed by atoms with Crippen LogP contribution in [0.4, 0.5) is 0 Å². The highest BCUT2D eigenvalue weighted by Crippen LogP contribution is 2.16. The van der Waals surface area contributed by atoms with Crippen molar-refractivity contribution in [1.29, 1.82) is 0 Å². The first-order valence-electron chi connectivity index (χ1n) is 5.92. The lowest BCUT2D eigenvalue weighted by Gasteiger charge is -2.15. The van der Waals surface area contributed by atoms with E-state index < -0.39 is 0 Å². The first-order valence-corrected chi connectivity index (χ1v) is 5.92. The molecule has 2 aromatic heterocycles. The SMILES string of the molecule is COc1ncccc1CNC(C)c1ccncc1. The molecule has 2 heterocycles. The van der Waals surface area contributed by atoms with Crippen LogP contribution >= 0.6 is 0 Å². The second-order valence-electron chi connectivity index (χ2n) is 4.05. The van der Waals surface area contributed by atoms with Gasteiger partial charge in [-0.1, -0.05) is 6.07 Å². The molecule has 18 heavy (non-hydrogen) atoms. The fourth-order valence-electron chi connectivity index (χ4n) is 1.78. The molecule has 0 amide bonds. The first kappa shape index (κ1) is 12.5. The Labute approximate surface area is 107 Å². The number of hydrogen-bond acceptors (Lipinski definition) is 4. The van der Waals surface area contributed by atoms with Gasteiger partial charge in [-0.25, -0.2) is 4.98 Å². The predicted molar refractivity (Wildman–Crippen MR) is 70.3 cm³/mol. The number of hydrogen-bond donors (Lipinski definition) is 1. The van der Waals surface area contributed by atoms with Crippen LogP contribution in [0.1, 0.15) is 24.1 Å². The number of nitrogens with zero attached hydrogens (tertiary/aromatic N) is 2. The summed E-state index contributed by atoms with van der Waals surface area (Å²) in [5.41, 5.74) is 2.27. The predicted octanol–water partition coefficient (Wildman–Crippen LogP) is 2.34. The summed E-state index contributed by atoms with van der Waals surface area (Å²) in [7, 11) is 1.64. The highest BCUT2D eigenvalue weighted by Gasteiger charge is 2.07. The Morgan fingerprint density at radius 2 is 2.00 bits per heavy atom. The van der Waals surface area contributed by atoms with Gasteiger partial charge < -0.3 is 10.1 Å². The van der Waals surface area contributed by atoms with Crippen LogP contribution in [-0.2, 0) is 6.54 Å². The lowest BCUT2D eigenvalue weighted by Crippen LogP contribution is -2.18. The van der Waals surface area contributed by atoms with E-state index >= 15 is 0 Å². The third-order valence-electron chi connectivity index (χ3n) is 2.85.